The zero-order valence-corrected chi connectivity index (χ0v) is 8.89. The minimum absolute atomic E-state index is 0.310. The van der Waals surface area contributed by atoms with Crippen molar-refractivity contribution >= 4 is 5.91 Å². The van der Waals surface area contributed by atoms with E-state index >= 15 is 0 Å². The Bertz CT molecular complexity index is 316. The van der Waals surface area contributed by atoms with Crippen LogP contribution in [0.15, 0.2) is 0 Å². The van der Waals surface area contributed by atoms with Gasteiger partial charge in [-0.15, -0.1) is 0 Å². The van der Waals surface area contributed by atoms with Gasteiger partial charge in [0, 0.05) is 13.1 Å². The maximum atomic E-state index is 12.1. The summed E-state index contributed by atoms with van der Waals surface area (Å²) in [7, 11) is 0. The van der Waals surface area contributed by atoms with E-state index in [0.29, 0.717) is 24.4 Å². The van der Waals surface area contributed by atoms with E-state index in [4.69, 9.17) is 0 Å². The molecule has 16 heavy (non-hydrogen) atoms. The van der Waals surface area contributed by atoms with Crippen LogP contribution in [-0.4, -0.2) is 30.1 Å². The molecule has 4 rings (SSSR count). The molecule has 0 atom stereocenters. The Morgan fingerprint density at radius 3 is 2.19 bits per heavy atom. The molecule has 90 valence electrons. The van der Waals surface area contributed by atoms with Crippen molar-refractivity contribution in [2.45, 2.75) is 31.9 Å². The van der Waals surface area contributed by atoms with Crippen LogP contribution in [-0.2, 0) is 4.79 Å². The molecule has 2 nitrogen and oxygen atoms in total. The molecule has 0 N–H and O–H groups in total. The fourth-order valence-corrected chi connectivity index (χ4v) is 3.56. The maximum Gasteiger partial charge on any atom is 0.471 e. The first-order valence-corrected chi connectivity index (χ1v) is 5.74. The largest absolute Gasteiger partial charge is 0.471 e. The first-order chi connectivity index (χ1) is 7.38. The van der Waals surface area contributed by atoms with Crippen molar-refractivity contribution in [1.82, 2.24) is 4.90 Å². The molecule has 5 heteroatoms. The molecule has 1 aliphatic heterocycles. The van der Waals surface area contributed by atoms with Crippen LogP contribution in [0.25, 0.3) is 0 Å². The highest BCUT2D eigenvalue weighted by molar-refractivity contribution is 5.82. The van der Waals surface area contributed by atoms with E-state index in [0.717, 1.165) is 17.2 Å². The van der Waals surface area contributed by atoms with Gasteiger partial charge in [-0.05, 0) is 42.9 Å². The third-order valence-corrected chi connectivity index (χ3v) is 4.37. The van der Waals surface area contributed by atoms with Crippen molar-refractivity contribution in [1.29, 1.82) is 0 Å². The van der Waals surface area contributed by atoms with Crippen molar-refractivity contribution in [2.24, 2.45) is 17.3 Å². The lowest BCUT2D eigenvalue weighted by Gasteiger charge is -2.64. The maximum absolute atomic E-state index is 12.1. The number of halogens is 3. The summed E-state index contributed by atoms with van der Waals surface area (Å²) in [6.07, 6.45) is 0.163. The third kappa shape index (κ3) is 1.44. The normalized spacial score (nSPS) is 37.4. The lowest BCUT2D eigenvalue weighted by molar-refractivity contribution is -0.195. The van der Waals surface area contributed by atoms with Gasteiger partial charge in [-0.1, -0.05) is 0 Å². The molecule has 0 spiro atoms. The highest BCUT2D eigenvalue weighted by Crippen LogP contribution is 2.67. The Morgan fingerprint density at radius 2 is 1.81 bits per heavy atom. The molecule has 0 unspecified atom stereocenters. The average molecular weight is 233 g/mol. The fourth-order valence-electron chi connectivity index (χ4n) is 3.56. The lowest BCUT2D eigenvalue weighted by atomic mass is 9.42. The first kappa shape index (κ1) is 10.4. The molecule has 4 aliphatic rings. The van der Waals surface area contributed by atoms with E-state index in [1.54, 1.807) is 0 Å². The molecule has 0 radical (unpaired) electrons. The van der Waals surface area contributed by atoms with Crippen LogP contribution in [0.5, 0.6) is 0 Å². The topological polar surface area (TPSA) is 20.3 Å². The number of amides is 1. The van der Waals surface area contributed by atoms with Crippen LogP contribution in [0, 0.1) is 17.3 Å². The minimum Gasteiger partial charge on any atom is -0.334 e. The van der Waals surface area contributed by atoms with Crippen LogP contribution in [0.4, 0.5) is 13.2 Å². The second kappa shape index (κ2) is 2.93. The highest BCUT2D eigenvalue weighted by atomic mass is 19.4. The SMILES string of the molecule is O=C(N1CC(CC23CC(C2)C3)C1)C(F)(F)F. The number of carbonyl (C=O) groups excluding carboxylic acids is 1. The number of nitrogens with zero attached hydrogens (tertiary/aromatic N) is 1. The van der Waals surface area contributed by atoms with Crippen molar-refractivity contribution in [3.8, 4) is 0 Å². The van der Waals surface area contributed by atoms with E-state index in [-0.39, 0.29) is 0 Å². The smallest absolute Gasteiger partial charge is 0.334 e. The van der Waals surface area contributed by atoms with Crippen molar-refractivity contribution in [3.63, 3.8) is 0 Å². The minimum atomic E-state index is -4.69. The quantitative estimate of drug-likeness (QED) is 0.716. The van der Waals surface area contributed by atoms with Crippen LogP contribution in [0.3, 0.4) is 0 Å². The van der Waals surface area contributed by atoms with Gasteiger partial charge in [-0.2, -0.15) is 13.2 Å². The van der Waals surface area contributed by atoms with Crippen molar-refractivity contribution in [2.75, 3.05) is 13.1 Å². The van der Waals surface area contributed by atoms with Gasteiger partial charge in [-0.25, -0.2) is 0 Å². The molecule has 1 saturated heterocycles. The van der Waals surface area contributed by atoms with Gasteiger partial charge in [0.2, 0.25) is 0 Å². The lowest BCUT2D eigenvalue weighted by Crippen LogP contribution is -2.59. The Hall–Kier alpha value is -0.740. The van der Waals surface area contributed by atoms with Crippen molar-refractivity contribution in [3.05, 3.63) is 0 Å². The molecular formula is C11H14F3NO. The molecular weight excluding hydrogens is 219 g/mol. The number of likely N-dealkylation sites (tertiary alicyclic amines) is 1. The standard InChI is InChI=1S/C11H14F3NO/c12-11(13,14)9(16)15-5-8(6-15)4-10-1-7(2-10)3-10/h7-8H,1-6H2. The monoisotopic (exact) mass is 233 g/mol. The van der Waals surface area contributed by atoms with E-state index < -0.39 is 12.1 Å². The molecule has 1 heterocycles. The second-order valence-electron chi connectivity index (χ2n) is 5.76. The summed E-state index contributed by atoms with van der Waals surface area (Å²) in [5.41, 5.74) is 0.475. The van der Waals surface area contributed by atoms with Crippen LogP contribution < -0.4 is 0 Å². The zero-order valence-electron chi connectivity index (χ0n) is 8.89. The van der Waals surface area contributed by atoms with E-state index in [1.807, 2.05) is 0 Å². The number of alkyl halides is 3. The Balaban J connectivity index is 1.46. The van der Waals surface area contributed by atoms with Crippen LogP contribution in [0.2, 0.25) is 0 Å². The number of hydrogen-bond acceptors (Lipinski definition) is 1. The van der Waals surface area contributed by atoms with Crippen molar-refractivity contribution < 1.29 is 18.0 Å². The Labute approximate surface area is 91.8 Å². The summed E-state index contributed by atoms with van der Waals surface area (Å²) < 4.78 is 36.2. The number of carbonyl (C=O) groups is 1. The number of hydrogen-bond donors (Lipinski definition) is 0. The highest BCUT2D eigenvalue weighted by Gasteiger charge is 2.58. The summed E-state index contributed by atoms with van der Waals surface area (Å²) >= 11 is 0. The summed E-state index contributed by atoms with van der Waals surface area (Å²) in [6, 6.07) is 0. The fraction of sp³-hybridized carbons (Fsp3) is 0.909. The molecule has 0 aromatic heterocycles. The molecule has 3 aliphatic carbocycles. The molecule has 4 fully saturated rings. The predicted octanol–water partition coefficient (Wildman–Crippen LogP) is 2.20. The first-order valence-electron chi connectivity index (χ1n) is 5.74. The van der Waals surface area contributed by atoms with E-state index in [2.05, 4.69) is 0 Å². The van der Waals surface area contributed by atoms with Gasteiger partial charge in [0.25, 0.3) is 0 Å². The van der Waals surface area contributed by atoms with Gasteiger partial charge < -0.3 is 4.90 Å². The molecule has 0 aromatic carbocycles. The zero-order chi connectivity index (χ0) is 11.6. The predicted molar refractivity (Wildman–Crippen MR) is 50.5 cm³/mol. The Kier molecular flexibility index (Phi) is 1.91. The van der Waals surface area contributed by atoms with E-state index in [1.165, 1.54) is 19.3 Å². The van der Waals surface area contributed by atoms with E-state index in [9.17, 15) is 18.0 Å². The van der Waals surface area contributed by atoms with Crippen LogP contribution in [0.1, 0.15) is 25.7 Å². The Morgan fingerprint density at radius 1 is 1.25 bits per heavy atom. The summed E-state index contributed by atoms with van der Waals surface area (Å²) in [6.45, 7) is 0.621. The molecule has 3 saturated carbocycles. The van der Waals surface area contributed by atoms with Crippen LogP contribution >= 0.6 is 0 Å². The van der Waals surface area contributed by atoms with Gasteiger partial charge in [0.15, 0.2) is 0 Å². The summed E-state index contributed by atoms with van der Waals surface area (Å²) in [5.74, 6) is -0.443. The molecule has 2 bridgehead atoms. The molecule has 0 aromatic rings. The number of rotatable bonds is 2. The molecule has 1 amide bonds. The second-order valence-corrected chi connectivity index (χ2v) is 5.76. The van der Waals surface area contributed by atoms with Gasteiger partial charge in [0.1, 0.15) is 0 Å². The van der Waals surface area contributed by atoms with Gasteiger partial charge in [0.05, 0.1) is 0 Å². The van der Waals surface area contributed by atoms with Gasteiger partial charge in [-0.3, -0.25) is 4.79 Å². The summed E-state index contributed by atoms with van der Waals surface area (Å²) in [4.78, 5) is 11.8. The third-order valence-electron chi connectivity index (χ3n) is 4.37. The summed E-state index contributed by atoms with van der Waals surface area (Å²) in [5, 5.41) is 0. The van der Waals surface area contributed by atoms with Gasteiger partial charge >= 0.3 is 12.1 Å². The average Bonchev–Trinajstić information content (AvgIpc) is 1.93.